The maximum absolute atomic E-state index is 12.0. The average molecular weight is 315 g/mol. The van der Waals surface area contributed by atoms with Crippen molar-refractivity contribution in [3.05, 3.63) is 38.9 Å². The van der Waals surface area contributed by atoms with Crippen LogP contribution in [0.2, 0.25) is 5.02 Å². The van der Waals surface area contributed by atoms with E-state index in [4.69, 9.17) is 11.6 Å². The molecule has 1 unspecified atom stereocenters. The summed E-state index contributed by atoms with van der Waals surface area (Å²) >= 11 is 5.69. The molecule has 0 heterocycles. The summed E-state index contributed by atoms with van der Waals surface area (Å²) in [7, 11) is 0. The zero-order valence-corrected chi connectivity index (χ0v) is 13.0. The summed E-state index contributed by atoms with van der Waals surface area (Å²) in [5.74, 6) is -0.202. The number of hydrogen-bond donors (Lipinski definition) is 2. The molecule has 6 nitrogen and oxygen atoms in total. The van der Waals surface area contributed by atoms with Gasteiger partial charge in [0.15, 0.2) is 0 Å². The maximum Gasteiger partial charge on any atom is 0.288 e. The van der Waals surface area contributed by atoms with Crippen molar-refractivity contribution in [1.82, 2.24) is 5.32 Å². The molecule has 0 bridgehead atoms. The first-order chi connectivity index (χ1) is 9.62. The third kappa shape index (κ3) is 5.32. The van der Waals surface area contributed by atoms with Crippen molar-refractivity contribution < 1.29 is 14.8 Å². The Morgan fingerprint density at radius 3 is 2.67 bits per heavy atom. The normalized spacial score (nSPS) is 13.8. The molecule has 0 aromatic heterocycles. The van der Waals surface area contributed by atoms with Crippen LogP contribution in [0.1, 0.15) is 37.6 Å². The molecule has 0 aliphatic rings. The molecule has 1 atom stereocenters. The van der Waals surface area contributed by atoms with Gasteiger partial charge < -0.3 is 10.4 Å². The summed E-state index contributed by atoms with van der Waals surface area (Å²) in [5.41, 5.74) is -1.22. The molecule has 0 spiro atoms. The molecule has 116 valence electrons. The van der Waals surface area contributed by atoms with Crippen LogP contribution < -0.4 is 5.32 Å². The van der Waals surface area contributed by atoms with E-state index in [1.807, 2.05) is 13.8 Å². The van der Waals surface area contributed by atoms with Crippen LogP contribution >= 0.6 is 11.6 Å². The molecule has 0 aliphatic carbocycles. The van der Waals surface area contributed by atoms with E-state index < -0.39 is 16.4 Å². The number of amides is 1. The van der Waals surface area contributed by atoms with Gasteiger partial charge in [0.1, 0.15) is 5.02 Å². The lowest BCUT2D eigenvalue weighted by Gasteiger charge is -2.25. The van der Waals surface area contributed by atoms with E-state index in [-0.39, 0.29) is 28.7 Å². The fraction of sp³-hybridized carbons (Fsp3) is 0.500. The molecule has 0 fully saturated rings. The molecular formula is C14H19ClN2O4. The van der Waals surface area contributed by atoms with E-state index in [1.54, 1.807) is 6.92 Å². The molecule has 21 heavy (non-hydrogen) atoms. The first-order valence-corrected chi connectivity index (χ1v) is 6.95. The van der Waals surface area contributed by atoms with E-state index in [0.717, 1.165) is 6.07 Å². The Morgan fingerprint density at radius 2 is 2.14 bits per heavy atom. The lowest BCUT2D eigenvalue weighted by molar-refractivity contribution is -0.384. The lowest BCUT2D eigenvalue weighted by Crippen LogP contribution is -2.41. The van der Waals surface area contributed by atoms with Crippen molar-refractivity contribution in [3.63, 3.8) is 0 Å². The molecule has 7 heteroatoms. The smallest absolute Gasteiger partial charge is 0.288 e. The number of nitrogens with one attached hydrogen (secondary N) is 1. The number of hydrogen-bond acceptors (Lipinski definition) is 4. The largest absolute Gasteiger partial charge is 0.388 e. The topological polar surface area (TPSA) is 92.5 Å². The highest BCUT2D eigenvalue weighted by Gasteiger charge is 2.23. The summed E-state index contributed by atoms with van der Waals surface area (Å²) in [6.07, 6.45) is 0.536. The zero-order valence-electron chi connectivity index (χ0n) is 12.2. The summed E-state index contributed by atoms with van der Waals surface area (Å²) in [6, 6.07) is 3.83. The molecule has 0 saturated carbocycles. The highest BCUT2D eigenvalue weighted by Crippen LogP contribution is 2.25. The minimum absolute atomic E-state index is 0.0247. The summed E-state index contributed by atoms with van der Waals surface area (Å²) in [6.45, 7) is 5.65. The Morgan fingerprint density at radius 1 is 1.52 bits per heavy atom. The van der Waals surface area contributed by atoms with Crippen molar-refractivity contribution in [2.45, 2.75) is 32.8 Å². The van der Waals surface area contributed by atoms with Crippen LogP contribution in [0.3, 0.4) is 0 Å². The standard InChI is InChI=1S/C14H19ClN2O4/c1-9(2)7-14(3,19)8-16-13(18)10-4-5-11(15)12(6-10)17(20)21/h4-6,9,19H,7-8H2,1-3H3,(H,16,18). The number of carbonyl (C=O) groups is 1. The van der Waals surface area contributed by atoms with Crippen LogP contribution in [0, 0.1) is 16.0 Å². The van der Waals surface area contributed by atoms with Crippen LogP contribution in [-0.2, 0) is 0 Å². The van der Waals surface area contributed by atoms with Gasteiger partial charge in [0.25, 0.3) is 11.6 Å². The van der Waals surface area contributed by atoms with Crippen molar-refractivity contribution >= 4 is 23.2 Å². The van der Waals surface area contributed by atoms with Gasteiger partial charge in [-0.2, -0.15) is 0 Å². The van der Waals surface area contributed by atoms with Crippen LogP contribution in [0.25, 0.3) is 0 Å². The maximum atomic E-state index is 12.0. The minimum Gasteiger partial charge on any atom is -0.388 e. The Kier molecular flexibility index (Phi) is 5.69. The molecule has 0 radical (unpaired) electrons. The Labute approximate surface area is 128 Å². The molecule has 0 saturated heterocycles. The van der Waals surface area contributed by atoms with Gasteiger partial charge in [-0.15, -0.1) is 0 Å². The van der Waals surface area contributed by atoms with Crippen LogP contribution in [-0.4, -0.2) is 28.1 Å². The number of benzene rings is 1. The van der Waals surface area contributed by atoms with Crippen molar-refractivity contribution in [2.75, 3.05) is 6.54 Å². The molecule has 1 amide bonds. The molecule has 1 rings (SSSR count). The van der Waals surface area contributed by atoms with Gasteiger partial charge in [-0.1, -0.05) is 25.4 Å². The third-order valence-electron chi connectivity index (χ3n) is 2.88. The van der Waals surface area contributed by atoms with E-state index in [2.05, 4.69) is 5.32 Å². The van der Waals surface area contributed by atoms with Gasteiger partial charge in [-0.25, -0.2) is 0 Å². The number of nitro benzene ring substituents is 1. The van der Waals surface area contributed by atoms with Crippen LogP contribution in [0.5, 0.6) is 0 Å². The lowest BCUT2D eigenvalue weighted by atomic mass is 9.94. The predicted octanol–water partition coefficient (Wildman–Crippen LogP) is 2.78. The first-order valence-electron chi connectivity index (χ1n) is 6.57. The fourth-order valence-electron chi connectivity index (χ4n) is 2.12. The number of nitrogens with zero attached hydrogens (tertiary/aromatic N) is 1. The highest BCUT2D eigenvalue weighted by molar-refractivity contribution is 6.32. The molecule has 1 aromatic rings. The second-order valence-corrected chi connectivity index (χ2v) is 6.11. The van der Waals surface area contributed by atoms with E-state index in [1.165, 1.54) is 12.1 Å². The van der Waals surface area contributed by atoms with Crippen LogP contribution in [0.4, 0.5) is 5.69 Å². The molecule has 1 aromatic carbocycles. The third-order valence-corrected chi connectivity index (χ3v) is 3.20. The SMILES string of the molecule is CC(C)CC(C)(O)CNC(=O)c1ccc(Cl)c([N+](=O)[O-])c1. The number of nitro groups is 1. The number of carbonyl (C=O) groups excluding carboxylic acids is 1. The average Bonchev–Trinajstić information content (AvgIpc) is 2.34. The van der Waals surface area contributed by atoms with E-state index in [9.17, 15) is 20.0 Å². The van der Waals surface area contributed by atoms with Gasteiger partial charge in [-0.05, 0) is 31.4 Å². The minimum atomic E-state index is -1.03. The predicted molar refractivity (Wildman–Crippen MR) is 80.5 cm³/mol. The van der Waals surface area contributed by atoms with Gasteiger partial charge in [0.05, 0.1) is 10.5 Å². The summed E-state index contributed by atoms with van der Waals surface area (Å²) < 4.78 is 0. The number of aliphatic hydroxyl groups is 1. The molecular weight excluding hydrogens is 296 g/mol. The fourth-order valence-corrected chi connectivity index (χ4v) is 2.30. The van der Waals surface area contributed by atoms with E-state index in [0.29, 0.717) is 6.42 Å². The van der Waals surface area contributed by atoms with E-state index >= 15 is 0 Å². The zero-order chi connectivity index (χ0) is 16.2. The molecule has 0 aliphatic heterocycles. The Balaban J connectivity index is 2.77. The Hall–Kier alpha value is -1.66. The van der Waals surface area contributed by atoms with Crippen molar-refractivity contribution in [1.29, 1.82) is 0 Å². The van der Waals surface area contributed by atoms with Gasteiger partial charge >= 0.3 is 0 Å². The second-order valence-electron chi connectivity index (χ2n) is 5.70. The first kappa shape index (κ1) is 17.4. The number of rotatable bonds is 6. The quantitative estimate of drug-likeness (QED) is 0.623. The molecule has 2 N–H and O–H groups in total. The van der Waals surface area contributed by atoms with Crippen LogP contribution in [0.15, 0.2) is 18.2 Å². The van der Waals surface area contributed by atoms with Gasteiger partial charge in [0.2, 0.25) is 0 Å². The monoisotopic (exact) mass is 314 g/mol. The van der Waals surface area contributed by atoms with Crippen molar-refractivity contribution in [2.24, 2.45) is 5.92 Å². The summed E-state index contributed by atoms with van der Waals surface area (Å²) in [5, 5.41) is 23.5. The van der Waals surface area contributed by atoms with Crippen molar-refractivity contribution in [3.8, 4) is 0 Å². The summed E-state index contributed by atoms with van der Waals surface area (Å²) in [4.78, 5) is 22.1. The number of halogens is 1. The highest BCUT2D eigenvalue weighted by atomic mass is 35.5. The van der Waals surface area contributed by atoms with Gasteiger partial charge in [0, 0.05) is 18.2 Å². The second kappa shape index (κ2) is 6.87. The van der Waals surface area contributed by atoms with Gasteiger partial charge in [-0.3, -0.25) is 14.9 Å². The Bertz CT molecular complexity index is 544.